The summed E-state index contributed by atoms with van der Waals surface area (Å²) in [5.41, 5.74) is -0.0333. The Labute approximate surface area is 114 Å². The van der Waals surface area contributed by atoms with Crippen LogP contribution in [0.3, 0.4) is 0 Å². The van der Waals surface area contributed by atoms with Gasteiger partial charge in [0.05, 0.1) is 13.0 Å². The molecule has 5 fully saturated rings. The molecule has 1 unspecified atom stereocenters. The van der Waals surface area contributed by atoms with E-state index in [1.54, 1.807) is 0 Å². The first-order valence-corrected chi connectivity index (χ1v) is 7.96. The molecule has 1 saturated heterocycles. The fourth-order valence-corrected chi connectivity index (χ4v) is 6.37. The lowest BCUT2D eigenvalue weighted by molar-refractivity contribution is -0.147. The van der Waals surface area contributed by atoms with E-state index < -0.39 is 5.97 Å². The first kappa shape index (κ1) is 12.2. The molecule has 4 saturated carbocycles. The maximum Gasteiger partial charge on any atom is 0.304 e. The highest BCUT2D eigenvalue weighted by Gasteiger charge is 2.57. The number of hydrogen-bond donors (Lipinski definition) is 1. The van der Waals surface area contributed by atoms with Crippen LogP contribution in [0.2, 0.25) is 0 Å². The summed E-state index contributed by atoms with van der Waals surface area (Å²) >= 11 is 0. The second-order valence-corrected chi connectivity index (χ2v) is 7.69. The summed E-state index contributed by atoms with van der Waals surface area (Å²) in [7, 11) is 0. The Morgan fingerprint density at radius 3 is 2.21 bits per heavy atom. The fourth-order valence-electron chi connectivity index (χ4n) is 6.37. The summed E-state index contributed by atoms with van der Waals surface area (Å²) in [5, 5.41) is 9.34. The minimum absolute atomic E-state index is 0.0333. The standard InChI is InChI=1S/C16H24O3/c17-14(18)8-16(1-2-19-9-16)15-12-4-10-3-11(6-12)7-13(15)5-10/h10-13,15H,1-9H2,(H,17,18). The van der Waals surface area contributed by atoms with Crippen LogP contribution < -0.4 is 0 Å². The lowest BCUT2D eigenvalue weighted by Gasteiger charge is -2.59. The zero-order valence-electron chi connectivity index (χ0n) is 11.5. The minimum Gasteiger partial charge on any atom is -0.481 e. The van der Waals surface area contributed by atoms with Gasteiger partial charge in [0.25, 0.3) is 0 Å². The van der Waals surface area contributed by atoms with E-state index in [4.69, 9.17) is 4.74 Å². The van der Waals surface area contributed by atoms with Crippen LogP contribution in [0.25, 0.3) is 0 Å². The van der Waals surface area contributed by atoms with Gasteiger partial charge in [-0.1, -0.05) is 0 Å². The summed E-state index contributed by atoms with van der Waals surface area (Å²) < 4.78 is 5.65. The van der Waals surface area contributed by atoms with Crippen LogP contribution >= 0.6 is 0 Å². The lowest BCUT2D eigenvalue weighted by Crippen LogP contribution is -2.52. The molecule has 1 atom stereocenters. The minimum atomic E-state index is -0.626. The number of carbonyl (C=O) groups is 1. The van der Waals surface area contributed by atoms with Gasteiger partial charge in [-0.2, -0.15) is 0 Å². The predicted molar refractivity (Wildman–Crippen MR) is 70.7 cm³/mol. The Bertz CT molecular complexity index is 355. The Morgan fingerprint density at radius 2 is 1.74 bits per heavy atom. The second kappa shape index (κ2) is 4.21. The van der Waals surface area contributed by atoms with Crippen molar-refractivity contribution in [1.82, 2.24) is 0 Å². The fraction of sp³-hybridized carbons (Fsp3) is 0.938. The molecule has 0 spiro atoms. The van der Waals surface area contributed by atoms with Crippen molar-refractivity contribution in [3.05, 3.63) is 0 Å². The molecule has 4 aliphatic carbocycles. The summed E-state index contributed by atoms with van der Waals surface area (Å²) in [4.78, 5) is 11.3. The number of carboxylic acid groups (broad SMARTS) is 1. The summed E-state index contributed by atoms with van der Waals surface area (Å²) in [6, 6.07) is 0. The van der Waals surface area contributed by atoms with E-state index in [-0.39, 0.29) is 5.41 Å². The quantitative estimate of drug-likeness (QED) is 0.852. The monoisotopic (exact) mass is 264 g/mol. The molecule has 3 nitrogen and oxygen atoms in total. The Balaban J connectivity index is 1.64. The molecule has 0 amide bonds. The number of ether oxygens (including phenoxy) is 1. The van der Waals surface area contributed by atoms with Crippen molar-refractivity contribution in [2.45, 2.75) is 44.9 Å². The first-order chi connectivity index (χ1) is 9.16. The van der Waals surface area contributed by atoms with Gasteiger partial charge in [-0.05, 0) is 68.1 Å². The molecule has 1 heterocycles. The normalized spacial score (nSPS) is 51.7. The highest BCUT2D eigenvalue weighted by atomic mass is 16.5. The Morgan fingerprint density at radius 1 is 1.11 bits per heavy atom. The third-order valence-corrected chi connectivity index (χ3v) is 6.57. The van der Waals surface area contributed by atoms with Gasteiger partial charge < -0.3 is 9.84 Å². The van der Waals surface area contributed by atoms with E-state index in [0.717, 1.165) is 36.7 Å². The van der Waals surface area contributed by atoms with Gasteiger partial charge in [-0.3, -0.25) is 4.79 Å². The van der Waals surface area contributed by atoms with Crippen LogP contribution in [-0.2, 0) is 9.53 Å². The van der Waals surface area contributed by atoms with E-state index >= 15 is 0 Å². The highest BCUT2D eigenvalue weighted by Crippen LogP contribution is 2.63. The van der Waals surface area contributed by atoms with E-state index in [1.807, 2.05) is 0 Å². The van der Waals surface area contributed by atoms with Crippen molar-refractivity contribution in [3.8, 4) is 0 Å². The third-order valence-electron chi connectivity index (χ3n) is 6.57. The van der Waals surface area contributed by atoms with E-state index in [2.05, 4.69) is 0 Å². The van der Waals surface area contributed by atoms with Gasteiger partial charge in [-0.15, -0.1) is 0 Å². The van der Waals surface area contributed by atoms with Crippen molar-refractivity contribution in [3.63, 3.8) is 0 Å². The molecule has 0 aromatic carbocycles. The van der Waals surface area contributed by atoms with E-state index in [0.29, 0.717) is 18.9 Å². The van der Waals surface area contributed by atoms with Gasteiger partial charge in [-0.25, -0.2) is 0 Å². The molecule has 19 heavy (non-hydrogen) atoms. The molecule has 3 heteroatoms. The number of hydrogen-bond acceptors (Lipinski definition) is 2. The van der Waals surface area contributed by atoms with Gasteiger partial charge in [0.2, 0.25) is 0 Å². The SMILES string of the molecule is O=C(O)CC1(C2C3CC4CC(C3)CC2C4)CCOC1. The van der Waals surface area contributed by atoms with Crippen molar-refractivity contribution in [1.29, 1.82) is 0 Å². The molecule has 0 aromatic rings. The molecular weight excluding hydrogens is 240 g/mol. The third kappa shape index (κ3) is 1.84. The van der Waals surface area contributed by atoms with Crippen molar-refractivity contribution < 1.29 is 14.6 Å². The van der Waals surface area contributed by atoms with Gasteiger partial charge in [0.15, 0.2) is 0 Å². The number of aliphatic carboxylic acids is 1. The summed E-state index contributed by atoms with van der Waals surface area (Å²) in [6.07, 6.45) is 8.27. The lowest BCUT2D eigenvalue weighted by atomic mass is 9.46. The Hall–Kier alpha value is -0.570. The molecule has 1 aliphatic heterocycles. The molecular formula is C16H24O3. The molecule has 1 N–H and O–H groups in total. The molecule has 106 valence electrons. The molecule has 4 bridgehead atoms. The molecule has 5 aliphatic rings. The van der Waals surface area contributed by atoms with E-state index in [9.17, 15) is 9.90 Å². The van der Waals surface area contributed by atoms with Crippen LogP contribution in [-0.4, -0.2) is 24.3 Å². The smallest absolute Gasteiger partial charge is 0.304 e. The van der Waals surface area contributed by atoms with Crippen LogP contribution in [0.5, 0.6) is 0 Å². The predicted octanol–water partition coefficient (Wildman–Crippen LogP) is 2.94. The molecule has 0 radical (unpaired) electrons. The summed E-state index contributed by atoms with van der Waals surface area (Å²) in [6.45, 7) is 1.47. The van der Waals surface area contributed by atoms with Gasteiger partial charge in [0.1, 0.15) is 0 Å². The average Bonchev–Trinajstić information content (AvgIpc) is 2.75. The van der Waals surface area contributed by atoms with Crippen molar-refractivity contribution in [2.24, 2.45) is 35.0 Å². The first-order valence-electron chi connectivity index (χ1n) is 7.96. The summed E-state index contributed by atoms with van der Waals surface area (Å²) in [5.74, 6) is 3.54. The van der Waals surface area contributed by atoms with Crippen molar-refractivity contribution in [2.75, 3.05) is 13.2 Å². The molecule has 5 rings (SSSR count). The van der Waals surface area contributed by atoms with Gasteiger partial charge in [0, 0.05) is 12.0 Å². The van der Waals surface area contributed by atoms with Crippen LogP contribution in [0.1, 0.15) is 44.9 Å². The van der Waals surface area contributed by atoms with E-state index in [1.165, 1.54) is 32.1 Å². The maximum atomic E-state index is 11.3. The number of carboxylic acids is 1. The Kier molecular flexibility index (Phi) is 2.70. The number of rotatable bonds is 3. The maximum absolute atomic E-state index is 11.3. The van der Waals surface area contributed by atoms with Crippen molar-refractivity contribution >= 4 is 5.97 Å². The average molecular weight is 264 g/mol. The van der Waals surface area contributed by atoms with Crippen LogP contribution in [0.15, 0.2) is 0 Å². The zero-order chi connectivity index (χ0) is 13.0. The van der Waals surface area contributed by atoms with Gasteiger partial charge >= 0.3 is 5.97 Å². The second-order valence-electron chi connectivity index (χ2n) is 7.69. The van der Waals surface area contributed by atoms with Crippen LogP contribution in [0.4, 0.5) is 0 Å². The zero-order valence-corrected chi connectivity index (χ0v) is 11.5. The molecule has 0 aromatic heterocycles. The highest BCUT2D eigenvalue weighted by molar-refractivity contribution is 5.68. The largest absolute Gasteiger partial charge is 0.481 e. The topological polar surface area (TPSA) is 46.5 Å². The van der Waals surface area contributed by atoms with Crippen LogP contribution in [0, 0.1) is 35.0 Å².